The number of hydrogen-bond acceptors (Lipinski definition) is 6. The second-order valence-electron chi connectivity index (χ2n) is 3.71. The van der Waals surface area contributed by atoms with E-state index in [2.05, 4.69) is 0 Å². The molecule has 0 aromatic rings. The molecule has 0 saturated carbocycles. The van der Waals surface area contributed by atoms with Gasteiger partial charge in [-0.05, 0) is 0 Å². The normalized spacial score (nSPS) is 29.6. The molecule has 1 aliphatic heterocycles. The second kappa shape index (κ2) is 5.81. The first kappa shape index (κ1) is 12.9. The number of esters is 2. The number of hydrogen-bond donors (Lipinski definition) is 1. The van der Waals surface area contributed by atoms with E-state index >= 15 is 0 Å². The van der Waals surface area contributed by atoms with Crippen LogP contribution in [0, 0.1) is 0 Å². The number of rotatable bonds is 3. The Morgan fingerprint density at radius 3 is 2.62 bits per heavy atom. The topological polar surface area (TPSA) is 82.1 Å². The van der Waals surface area contributed by atoms with Crippen LogP contribution in [0.25, 0.3) is 0 Å². The van der Waals surface area contributed by atoms with E-state index in [9.17, 15) is 14.7 Å². The van der Waals surface area contributed by atoms with E-state index in [1.165, 1.54) is 13.8 Å². The van der Waals surface area contributed by atoms with Gasteiger partial charge in [-0.25, -0.2) is 0 Å². The Balaban J connectivity index is 2.50. The van der Waals surface area contributed by atoms with Gasteiger partial charge in [-0.1, -0.05) is 0 Å². The minimum absolute atomic E-state index is 0.0278. The highest BCUT2D eigenvalue weighted by Crippen LogP contribution is 2.18. The third-order valence-electron chi connectivity index (χ3n) is 2.19. The van der Waals surface area contributed by atoms with Crippen molar-refractivity contribution in [2.45, 2.75) is 38.6 Å². The van der Waals surface area contributed by atoms with Crippen LogP contribution < -0.4 is 0 Å². The molecule has 0 aliphatic carbocycles. The van der Waals surface area contributed by atoms with E-state index in [1.54, 1.807) is 0 Å². The lowest BCUT2D eigenvalue weighted by atomic mass is 10.0. The molecule has 1 fully saturated rings. The average molecular weight is 232 g/mol. The highest BCUT2D eigenvalue weighted by molar-refractivity contribution is 5.66. The van der Waals surface area contributed by atoms with Gasteiger partial charge in [0.25, 0.3) is 0 Å². The first-order valence-electron chi connectivity index (χ1n) is 5.09. The van der Waals surface area contributed by atoms with Gasteiger partial charge in [0.2, 0.25) is 0 Å². The van der Waals surface area contributed by atoms with Crippen LogP contribution in [0.3, 0.4) is 0 Å². The smallest absolute Gasteiger partial charge is 0.302 e. The van der Waals surface area contributed by atoms with Crippen LogP contribution in [0.5, 0.6) is 0 Å². The van der Waals surface area contributed by atoms with Crippen molar-refractivity contribution in [1.82, 2.24) is 0 Å². The molecular weight excluding hydrogens is 216 g/mol. The quantitative estimate of drug-likeness (QED) is 0.669. The summed E-state index contributed by atoms with van der Waals surface area (Å²) in [4.78, 5) is 21.5. The molecule has 0 radical (unpaired) electrons. The van der Waals surface area contributed by atoms with Crippen molar-refractivity contribution in [3.8, 4) is 0 Å². The van der Waals surface area contributed by atoms with Crippen molar-refractivity contribution in [1.29, 1.82) is 0 Å². The Kier molecular flexibility index (Phi) is 4.70. The lowest BCUT2D eigenvalue weighted by Gasteiger charge is -2.33. The largest absolute Gasteiger partial charge is 0.463 e. The van der Waals surface area contributed by atoms with Crippen LogP contribution in [0.1, 0.15) is 20.3 Å². The summed E-state index contributed by atoms with van der Waals surface area (Å²) < 4.78 is 15.0. The monoisotopic (exact) mass is 232 g/mol. The zero-order valence-corrected chi connectivity index (χ0v) is 9.34. The molecule has 16 heavy (non-hydrogen) atoms. The Hall–Kier alpha value is -1.14. The maximum Gasteiger partial charge on any atom is 0.302 e. The lowest BCUT2D eigenvalue weighted by Crippen LogP contribution is -2.45. The van der Waals surface area contributed by atoms with Gasteiger partial charge in [-0.3, -0.25) is 9.59 Å². The van der Waals surface area contributed by atoms with Crippen LogP contribution in [-0.4, -0.2) is 48.6 Å². The summed E-state index contributed by atoms with van der Waals surface area (Å²) in [5, 5.41) is 9.36. The molecule has 92 valence electrons. The molecular formula is C10H16O6. The van der Waals surface area contributed by atoms with E-state index in [-0.39, 0.29) is 13.2 Å². The van der Waals surface area contributed by atoms with Crippen LogP contribution in [0.2, 0.25) is 0 Å². The summed E-state index contributed by atoms with van der Waals surface area (Å²) in [5.41, 5.74) is 0. The molecule has 0 aromatic carbocycles. The number of ether oxygens (including phenoxy) is 3. The Morgan fingerprint density at radius 2 is 2.06 bits per heavy atom. The first-order chi connectivity index (χ1) is 7.49. The predicted octanol–water partition coefficient (Wildman–Crippen LogP) is -0.369. The lowest BCUT2D eigenvalue weighted by molar-refractivity contribution is -0.181. The molecule has 1 heterocycles. The van der Waals surface area contributed by atoms with Crippen LogP contribution in [-0.2, 0) is 23.8 Å². The van der Waals surface area contributed by atoms with E-state index in [0.717, 1.165) is 0 Å². The van der Waals surface area contributed by atoms with Crippen molar-refractivity contribution in [3.05, 3.63) is 0 Å². The molecule has 0 spiro atoms. The molecule has 6 heteroatoms. The fraction of sp³-hybridized carbons (Fsp3) is 0.800. The van der Waals surface area contributed by atoms with Crippen molar-refractivity contribution in [2.75, 3.05) is 13.2 Å². The molecule has 0 unspecified atom stereocenters. The van der Waals surface area contributed by atoms with Crippen molar-refractivity contribution in [3.63, 3.8) is 0 Å². The van der Waals surface area contributed by atoms with Gasteiger partial charge in [0.15, 0.2) is 0 Å². The van der Waals surface area contributed by atoms with Gasteiger partial charge in [0.1, 0.15) is 18.8 Å². The summed E-state index contributed by atoms with van der Waals surface area (Å²) in [6, 6.07) is 0. The summed E-state index contributed by atoms with van der Waals surface area (Å²) in [7, 11) is 0. The summed E-state index contributed by atoms with van der Waals surface area (Å²) in [5.74, 6) is -0.869. The van der Waals surface area contributed by atoms with Crippen LogP contribution in [0.4, 0.5) is 0 Å². The highest BCUT2D eigenvalue weighted by Gasteiger charge is 2.33. The van der Waals surface area contributed by atoms with Crippen LogP contribution in [0.15, 0.2) is 0 Å². The minimum Gasteiger partial charge on any atom is -0.463 e. The standard InChI is InChI=1S/C10H16O6/c1-6(11)14-5-10-9(16-7(2)12)3-8(13)4-15-10/h8-10,13H,3-5H2,1-2H3/t8-,9+,10-/m1/s1. The Bertz CT molecular complexity index is 264. The fourth-order valence-corrected chi connectivity index (χ4v) is 1.52. The van der Waals surface area contributed by atoms with Gasteiger partial charge in [-0.15, -0.1) is 0 Å². The second-order valence-corrected chi connectivity index (χ2v) is 3.71. The van der Waals surface area contributed by atoms with Crippen molar-refractivity contribution in [2.24, 2.45) is 0 Å². The zero-order chi connectivity index (χ0) is 12.1. The van der Waals surface area contributed by atoms with Gasteiger partial charge in [0, 0.05) is 20.3 Å². The van der Waals surface area contributed by atoms with Gasteiger partial charge < -0.3 is 19.3 Å². The average Bonchev–Trinajstić information content (AvgIpc) is 2.15. The van der Waals surface area contributed by atoms with Gasteiger partial charge in [-0.2, -0.15) is 0 Å². The SMILES string of the molecule is CC(=O)OC[C@H]1OC[C@H](O)C[C@@H]1OC(C)=O. The molecule has 1 saturated heterocycles. The number of carbonyl (C=O) groups is 2. The van der Waals surface area contributed by atoms with E-state index in [1.807, 2.05) is 0 Å². The highest BCUT2D eigenvalue weighted by atomic mass is 16.6. The third kappa shape index (κ3) is 4.16. The molecule has 0 bridgehead atoms. The minimum atomic E-state index is -0.655. The number of carbonyl (C=O) groups excluding carboxylic acids is 2. The first-order valence-corrected chi connectivity index (χ1v) is 5.09. The van der Waals surface area contributed by atoms with Gasteiger partial charge in [0.05, 0.1) is 12.7 Å². The van der Waals surface area contributed by atoms with E-state index in [4.69, 9.17) is 14.2 Å². The molecule has 6 nitrogen and oxygen atoms in total. The molecule has 0 aromatic heterocycles. The summed E-state index contributed by atoms with van der Waals surface area (Å²) >= 11 is 0. The van der Waals surface area contributed by atoms with E-state index < -0.39 is 30.3 Å². The number of aliphatic hydroxyl groups excluding tert-OH is 1. The zero-order valence-electron chi connectivity index (χ0n) is 9.34. The predicted molar refractivity (Wildman–Crippen MR) is 52.6 cm³/mol. The van der Waals surface area contributed by atoms with Gasteiger partial charge >= 0.3 is 11.9 Å². The maximum absolute atomic E-state index is 10.8. The van der Waals surface area contributed by atoms with E-state index in [0.29, 0.717) is 6.42 Å². The molecule has 3 atom stereocenters. The summed E-state index contributed by atoms with van der Waals surface area (Å²) in [6.45, 7) is 2.76. The fourth-order valence-electron chi connectivity index (χ4n) is 1.52. The summed E-state index contributed by atoms with van der Waals surface area (Å²) in [6.07, 6.45) is -1.43. The van der Waals surface area contributed by atoms with Crippen LogP contribution >= 0.6 is 0 Å². The molecule has 1 N–H and O–H groups in total. The molecule has 1 aliphatic rings. The Labute approximate surface area is 93.5 Å². The Morgan fingerprint density at radius 1 is 1.38 bits per heavy atom. The maximum atomic E-state index is 10.8. The number of aliphatic hydroxyl groups is 1. The molecule has 0 amide bonds. The third-order valence-corrected chi connectivity index (χ3v) is 2.19. The van der Waals surface area contributed by atoms with Crippen molar-refractivity contribution < 1.29 is 28.9 Å². The van der Waals surface area contributed by atoms with Crippen molar-refractivity contribution >= 4 is 11.9 Å². The molecule has 1 rings (SSSR count).